The molecule has 2 heteroatoms. The van der Waals surface area contributed by atoms with Crippen molar-refractivity contribution in [3.63, 3.8) is 0 Å². The van der Waals surface area contributed by atoms with Gasteiger partial charge in [0.2, 0.25) is 0 Å². The summed E-state index contributed by atoms with van der Waals surface area (Å²) in [4.78, 5) is 2.40. The molecular formula is C58H41NO. The maximum absolute atomic E-state index is 6.73. The maximum atomic E-state index is 6.73. The summed E-state index contributed by atoms with van der Waals surface area (Å²) >= 11 is 0. The van der Waals surface area contributed by atoms with E-state index in [9.17, 15) is 0 Å². The normalized spacial score (nSPS) is 14.2. The molecule has 0 bridgehead atoms. The largest absolute Gasteiger partial charge is 0.457 e. The van der Waals surface area contributed by atoms with E-state index in [1.165, 1.54) is 66.8 Å². The van der Waals surface area contributed by atoms with Crippen molar-refractivity contribution in [1.82, 2.24) is 0 Å². The number of benzene rings is 9. The Morgan fingerprint density at radius 1 is 0.317 bits per heavy atom. The van der Waals surface area contributed by atoms with Crippen LogP contribution in [0.2, 0.25) is 0 Å². The smallest absolute Gasteiger partial charge is 0.132 e. The zero-order chi connectivity index (χ0) is 40.0. The highest BCUT2D eigenvalue weighted by Crippen LogP contribution is 2.62. The minimum atomic E-state index is -0.503. The van der Waals surface area contributed by atoms with Gasteiger partial charge < -0.3 is 9.64 Å². The Kier molecular flexibility index (Phi) is 7.52. The first-order valence-electron chi connectivity index (χ1n) is 20.9. The van der Waals surface area contributed by atoms with E-state index in [-0.39, 0.29) is 5.41 Å². The molecule has 1 spiro atoms. The molecular weight excluding hydrogens is 727 g/mol. The quantitative estimate of drug-likeness (QED) is 0.173. The molecule has 0 fully saturated rings. The number of nitrogens with zero attached hydrogens (tertiary/aromatic N) is 1. The second-order valence-electron chi connectivity index (χ2n) is 16.8. The Hall–Kier alpha value is -7.42. The van der Waals surface area contributed by atoms with E-state index in [2.05, 4.69) is 231 Å². The van der Waals surface area contributed by atoms with E-state index in [0.717, 1.165) is 39.7 Å². The van der Waals surface area contributed by atoms with Crippen molar-refractivity contribution in [2.24, 2.45) is 0 Å². The minimum absolute atomic E-state index is 0.108. The van der Waals surface area contributed by atoms with Gasteiger partial charge in [-0.3, -0.25) is 0 Å². The highest BCUT2D eigenvalue weighted by Gasteiger charge is 2.51. The van der Waals surface area contributed by atoms with Crippen molar-refractivity contribution in [3.05, 3.63) is 246 Å². The Morgan fingerprint density at radius 2 is 0.767 bits per heavy atom. The van der Waals surface area contributed by atoms with Gasteiger partial charge in [-0.25, -0.2) is 0 Å². The Bertz CT molecular complexity index is 3090. The van der Waals surface area contributed by atoms with E-state index < -0.39 is 5.41 Å². The Morgan fingerprint density at radius 3 is 1.42 bits per heavy atom. The lowest BCUT2D eigenvalue weighted by atomic mass is 9.66. The molecule has 1 aliphatic heterocycles. The molecule has 0 N–H and O–H groups in total. The van der Waals surface area contributed by atoms with Crippen molar-refractivity contribution in [2.45, 2.75) is 24.7 Å². The fraction of sp³-hybridized carbons (Fsp3) is 0.0690. The lowest BCUT2D eigenvalue weighted by Gasteiger charge is -2.39. The van der Waals surface area contributed by atoms with Gasteiger partial charge in [-0.2, -0.15) is 0 Å². The van der Waals surface area contributed by atoms with Crippen molar-refractivity contribution in [2.75, 3.05) is 4.90 Å². The van der Waals surface area contributed by atoms with Crippen LogP contribution in [0.5, 0.6) is 11.5 Å². The van der Waals surface area contributed by atoms with Crippen molar-refractivity contribution in [1.29, 1.82) is 0 Å². The van der Waals surface area contributed by atoms with Crippen LogP contribution >= 0.6 is 0 Å². The molecule has 60 heavy (non-hydrogen) atoms. The molecule has 1 heterocycles. The molecule has 2 aliphatic carbocycles. The third-order valence-electron chi connectivity index (χ3n) is 13.4. The van der Waals surface area contributed by atoms with Crippen LogP contribution in [-0.2, 0) is 10.8 Å². The van der Waals surface area contributed by atoms with Crippen LogP contribution in [0.3, 0.4) is 0 Å². The second kappa shape index (κ2) is 13.0. The van der Waals surface area contributed by atoms with Crippen LogP contribution in [-0.4, -0.2) is 0 Å². The summed E-state index contributed by atoms with van der Waals surface area (Å²) in [6, 6.07) is 77.7. The highest BCUT2D eigenvalue weighted by atomic mass is 16.5. The lowest BCUT2D eigenvalue weighted by molar-refractivity contribution is 0.436. The molecule has 0 unspecified atom stereocenters. The number of rotatable bonds is 5. The summed E-state index contributed by atoms with van der Waals surface area (Å²) in [5, 5.41) is 0. The Labute approximate surface area is 351 Å². The monoisotopic (exact) mass is 767 g/mol. The van der Waals surface area contributed by atoms with Gasteiger partial charge in [-0.1, -0.05) is 172 Å². The molecule has 9 aromatic rings. The number of hydrogen-bond acceptors (Lipinski definition) is 2. The van der Waals surface area contributed by atoms with Crippen LogP contribution in [0, 0.1) is 0 Å². The van der Waals surface area contributed by atoms with Crippen molar-refractivity contribution < 1.29 is 4.74 Å². The summed E-state index contributed by atoms with van der Waals surface area (Å²) in [7, 11) is 0. The number of para-hydroxylation sites is 1. The SMILES string of the molecule is CC1(C)c2ccccc2-c2ccc(N(c3ccc(-c4ccccc4)cc3)c3ccc(-c4ccc5c(c4)C4(c6ccccc6O5)c5ccccc5-c5ccccc54)cc3)cc21. The van der Waals surface area contributed by atoms with E-state index >= 15 is 0 Å². The lowest BCUT2D eigenvalue weighted by Crippen LogP contribution is -2.32. The molecule has 0 amide bonds. The van der Waals surface area contributed by atoms with Gasteiger partial charge in [0.1, 0.15) is 11.5 Å². The fourth-order valence-corrected chi connectivity index (χ4v) is 10.6. The maximum Gasteiger partial charge on any atom is 0.132 e. The number of anilines is 3. The molecule has 0 radical (unpaired) electrons. The van der Waals surface area contributed by atoms with Crippen LogP contribution in [0.1, 0.15) is 47.2 Å². The molecule has 0 saturated carbocycles. The summed E-state index contributed by atoms with van der Waals surface area (Å²) in [5.41, 5.74) is 20.3. The van der Waals surface area contributed by atoms with E-state index in [1.807, 2.05) is 0 Å². The van der Waals surface area contributed by atoms with Gasteiger partial charge in [-0.05, 0) is 121 Å². The molecule has 9 aromatic carbocycles. The zero-order valence-electron chi connectivity index (χ0n) is 33.6. The average Bonchev–Trinajstić information content (AvgIpc) is 3.73. The highest BCUT2D eigenvalue weighted by molar-refractivity contribution is 5.90. The minimum Gasteiger partial charge on any atom is -0.457 e. The van der Waals surface area contributed by atoms with Gasteiger partial charge in [0.15, 0.2) is 0 Å². The van der Waals surface area contributed by atoms with Gasteiger partial charge in [0, 0.05) is 33.6 Å². The molecule has 0 aromatic heterocycles. The topological polar surface area (TPSA) is 12.5 Å². The predicted molar refractivity (Wildman–Crippen MR) is 247 cm³/mol. The van der Waals surface area contributed by atoms with Gasteiger partial charge in [0.05, 0.1) is 5.41 Å². The first-order valence-corrected chi connectivity index (χ1v) is 20.9. The molecule has 284 valence electrons. The molecule has 3 aliphatic rings. The van der Waals surface area contributed by atoms with Crippen LogP contribution in [0.25, 0.3) is 44.5 Å². The van der Waals surface area contributed by atoms with Gasteiger partial charge >= 0.3 is 0 Å². The molecule has 2 nitrogen and oxygen atoms in total. The molecule has 12 rings (SSSR count). The standard InChI is InChI=1S/C58H41NO/c1-57(2)49-19-9-6-16-45(49)48-34-33-44(37-53(48)57)59(42-29-24-39(25-30-42)38-14-4-3-5-15-38)43-31-26-40(27-32-43)41-28-35-56-54(36-41)58(52-22-12-13-23-55(52)60-56)50-20-10-7-17-46(50)47-18-8-11-21-51(47)58/h3-37H,1-2H3. The first kappa shape index (κ1) is 34.6. The van der Waals surface area contributed by atoms with Crippen LogP contribution in [0.4, 0.5) is 17.1 Å². The zero-order valence-corrected chi connectivity index (χ0v) is 33.6. The average molecular weight is 768 g/mol. The first-order chi connectivity index (χ1) is 29.5. The number of fused-ring (bicyclic) bond motifs is 12. The summed E-state index contributed by atoms with van der Waals surface area (Å²) < 4.78 is 6.73. The van der Waals surface area contributed by atoms with Crippen LogP contribution < -0.4 is 9.64 Å². The molecule has 0 atom stereocenters. The second-order valence-corrected chi connectivity index (χ2v) is 16.8. The summed E-state index contributed by atoms with van der Waals surface area (Å²) in [6.07, 6.45) is 0. The van der Waals surface area contributed by atoms with Gasteiger partial charge in [0.25, 0.3) is 0 Å². The predicted octanol–water partition coefficient (Wildman–Crippen LogP) is 15.3. The Balaban J connectivity index is 0.982. The number of ether oxygens (including phenoxy) is 1. The van der Waals surface area contributed by atoms with Crippen LogP contribution in [0.15, 0.2) is 212 Å². The van der Waals surface area contributed by atoms with Crippen molar-refractivity contribution >= 4 is 17.1 Å². The fourth-order valence-electron chi connectivity index (χ4n) is 10.6. The summed E-state index contributed by atoms with van der Waals surface area (Å²) in [6.45, 7) is 4.70. The third kappa shape index (κ3) is 4.94. The number of hydrogen-bond donors (Lipinski definition) is 0. The van der Waals surface area contributed by atoms with E-state index in [4.69, 9.17) is 4.74 Å². The molecule has 0 saturated heterocycles. The van der Waals surface area contributed by atoms with Crippen molar-refractivity contribution in [3.8, 4) is 56.0 Å². The summed E-state index contributed by atoms with van der Waals surface area (Å²) in [5.74, 6) is 1.80. The van der Waals surface area contributed by atoms with Gasteiger partial charge in [-0.15, -0.1) is 0 Å². The van der Waals surface area contributed by atoms with E-state index in [1.54, 1.807) is 0 Å². The third-order valence-corrected chi connectivity index (χ3v) is 13.4. The van der Waals surface area contributed by atoms with E-state index in [0.29, 0.717) is 0 Å².